The Hall–Kier alpha value is -10.3. The van der Waals surface area contributed by atoms with E-state index in [1.165, 1.54) is 45.5 Å². The highest BCUT2D eigenvalue weighted by molar-refractivity contribution is 6.30. The van der Waals surface area contributed by atoms with Crippen LogP contribution >= 0.6 is 11.6 Å². The maximum Gasteiger partial charge on any atom is 0.332 e. The molecule has 0 fully saturated rings. The maximum absolute atomic E-state index is 12.5. The molecule has 0 saturated carbocycles. The van der Waals surface area contributed by atoms with Crippen LogP contribution in [0.4, 0.5) is 11.6 Å². The van der Waals surface area contributed by atoms with Gasteiger partial charge >= 0.3 is 11.4 Å². The molecule has 4 aromatic carbocycles. The summed E-state index contributed by atoms with van der Waals surface area (Å²) in [6.45, 7) is 12.1. The Balaban J connectivity index is 0.000000141. The monoisotopic (exact) mass is 1220 g/mol. The summed E-state index contributed by atoms with van der Waals surface area (Å²) in [7, 11) is 18.8. The van der Waals surface area contributed by atoms with E-state index < -0.39 is 0 Å². The van der Waals surface area contributed by atoms with Crippen molar-refractivity contribution in [3.8, 4) is 5.75 Å². The smallest absolute Gasteiger partial charge is 0.332 e. The lowest BCUT2D eigenvalue weighted by Gasteiger charge is -2.32. The predicted molar refractivity (Wildman–Crippen MR) is 346 cm³/mol. The first-order chi connectivity index (χ1) is 42.3. The molecular formula is C65H73ClN16O7. The zero-order chi connectivity index (χ0) is 64.4. The van der Waals surface area contributed by atoms with Gasteiger partial charge in [-0.3, -0.25) is 47.2 Å². The van der Waals surface area contributed by atoms with Gasteiger partial charge in [0.2, 0.25) is 0 Å². The van der Waals surface area contributed by atoms with E-state index in [4.69, 9.17) is 21.3 Å². The molecule has 0 atom stereocenters. The van der Waals surface area contributed by atoms with Gasteiger partial charge in [-0.2, -0.15) is 0 Å². The number of H-pyrrole nitrogens is 2. The number of amides is 2. The highest BCUT2D eigenvalue weighted by Crippen LogP contribution is 2.32. The molecule has 0 radical (unpaired) electrons. The van der Waals surface area contributed by atoms with Gasteiger partial charge in [0.25, 0.3) is 22.9 Å². The number of aryl methyl sites for hydroxylation is 8. The Bertz CT molecular complexity index is 4620. The summed E-state index contributed by atoms with van der Waals surface area (Å²) in [5.74, 6) is 6.43. The third-order valence-electron chi connectivity index (χ3n) is 16.3. The Kier molecular flexibility index (Phi) is 18.4. The van der Waals surface area contributed by atoms with Crippen LogP contribution in [-0.2, 0) is 80.8 Å². The standard InChI is InChI=1S/C18H22N4O.C16H18N4O3.C16H18N4O.C15H15ClN4O2/c1-11-7-8-14(9-12(11)2)10-15-19-17-16(22(15)6)18(23)21(5)13(3)20(17)4;1-19-14-13(15(21)20(2)16(19)22)17-12(18-14)9-6-10-4-7-11(23-3)8-5-10;1-11-18(2)15-14(16(21)19(11)3)20(4)13(17-15)10-12-8-6-5-7-9-12;1-19-13-12(14(21)20(2)15(19)22)17-11(18-13)8-5-9-3-6-10(16)7-4-9/h7-9H,3,10H2,1-2,4-6H3;4-5,7-8H,6,9H2,1-3H3,(H,17,18);5-9H,1,10H2,2-4H3;3-4,6-7H,5,8H2,1-2H3,(H,17,18). The number of anilines is 2. The molecule has 12 rings (SSSR count). The molecule has 0 aliphatic carbocycles. The van der Waals surface area contributed by atoms with Crippen LogP contribution in [0.2, 0.25) is 5.02 Å². The van der Waals surface area contributed by atoms with E-state index in [1.54, 1.807) is 45.1 Å². The van der Waals surface area contributed by atoms with Crippen molar-refractivity contribution in [3.05, 3.63) is 237 Å². The van der Waals surface area contributed by atoms with Crippen molar-refractivity contribution in [3.63, 3.8) is 0 Å². The van der Waals surface area contributed by atoms with E-state index in [2.05, 4.69) is 82.3 Å². The zero-order valence-electron chi connectivity index (χ0n) is 52.4. The fourth-order valence-electron chi connectivity index (χ4n) is 10.4. The number of ether oxygens (including phenoxy) is 1. The number of fused-ring (bicyclic) bond motifs is 4. The first-order valence-corrected chi connectivity index (χ1v) is 29.0. The van der Waals surface area contributed by atoms with E-state index in [9.17, 15) is 28.8 Å². The number of benzene rings is 4. The van der Waals surface area contributed by atoms with Gasteiger partial charge in [0.05, 0.1) is 7.11 Å². The molecule has 8 heterocycles. The van der Waals surface area contributed by atoms with Gasteiger partial charge in [0.1, 0.15) is 51.7 Å². The average molecular weight is 1230 g/mol. The van der Waals surface area contributed by atoms with Crippen LogP contribution in [0.3, 0.4) is 0 Å². The van der Waals surface area contributed by atoms with E-state index in [0.717, 1.165) is 50.5 Å². The molecule has 0 spiro atoms. The normalized spacial score (nSPS) is 12.8. The van der Waals surface area contributed by atoms with Crippen molar-refractivity contribution in [2.45, 2.75) is 52.4 Å². The van der Waals surface area contributed by atoms with Gasteiger partial charge in [-0.15, -0.1) is 0 Å². The Morgan fingerprint density at radius 1 is 0.461 bits per heavy atom. The van der Waals surface area contributed by atoms with Crippen LogP contribution in [0.5, 0.6) is 5.75 Å². The number of nitrogens with one attached hydrogen (secondary N) is 2. The number of carbonyl (C=O) groups excluding carboxylic acids is 2. The van der Waals surface area contributed by atoms with Crippen LogP contribution in [-0.4, -0.2) is 114 Å². The summed E-state index contributed by atoms with van der Waals surface area (Å²) < 4.78 is 13.8. The zero-order valence-corrected chi connectivity index (χ0v) is 53.1. The Labute approximate surface area is 518 Å². The highest BCUT2D eigenvalue weighted by atomic mass is 35.5. The van der Waals surface area contributed by atoms with E-state index in [1.807, 2.05) is 114 Å². The van der Waals surface area contributed by atoms with Crippen LogP contribution in [0.25, 0.3) is 22.3 Å². The van der Waals surface area contributed by atoms with E-state index in [0.29, 0.717) is 99.3 Å². The first kappa shape index (κ1) is 63.2. The summed E-state index contributed by atoms with van der Waals surface area (Å²) >= 11 is 5.86. The summed E-state index contributed by atoms with van der Waals surface area (Å²) in [6.07, 6.45) is 4.24. The molecule has 2 aliphatic rings. The topological polar surface area (TPSA) is 237 Å². The predicted octanol–water partition coefficient (Wildman–Crippen LogP) is 6.78. The molecule has 10 aromatic rings. The van der Waals surface area contributed by atoms with Crippen molar-refractivity contribution < 1.29 is 14.3 Å². The van der Waals surface area contributed by atoms with Gasteiger partial charge in [-0.05, 0) is 84.3 Å². The van der Waals surface area contributed by atoms with Gasteiger partial charge in [0.15, 0.2) is 34.3 Å². The second-order valence-corrected chi connectivity index (χ2v) is 22.5. The summed E-state index contributed by atoms with van der Waals surface area (Å²) in [5, 5.41) is 0.700. The lowest BCUT2D eigenvalue weighted by atomic mass is 10.0. The summed E-state index contributed by atoms with van der Waals surface area (Å²) in [5.41, 5.74) is 8.43. The van der Waals surface area contributed by atoms with Gasteiger partial charge in [-0.25, -0.2) is 29.5 Å². The van der Waals surface area contributed by atoms with Crippen molar-refractivity contribution in [1.82, 2.24) is 67.1 Å². The number of nitrogens with zero attached hydrogens (tertiary/aromatic N) is 14. The van der Waals surface area contributed by atoms with Gasteiger partial charge in [0, 0.05) is 101 Å². The molecule has 462 valence electrons. The third kappa shape index (κ3) is 12.8. The van der Waals surface area contributed by atoms with Crippen LogP contribution in [0.1, 0.15) is 77.7 Å². The fourth-order valence-corrected chi connectivity index (χ4v) is 10.5. The number of imidazole rings is 4. The lowest BCUT2D eigenvalue weighted by Crippen LogP contribution is -2.40. The molecule has 2 amide bonds. The minimum absolute atomic E-state index is 0.0653. The quantitative estimate of drug-likeness (QED) is 0.136. The minimum atomic E-state index is -0.381. The van der Waals surface area contributed by atoms with Gasteiger partial charge < -0.3 is 33.6 Å². The van der Waals surface area contributed by atoms with Crippen molar-refractivity contribution >= 4 is 57.4 Å². The molecule has 23 nitrogen and oxygen atoms in total. The second-order valence-electron chi connectivity index (χ2n) is 22.1. The second kappa shape index (κ2) is 26.0. The number of rotatable bonds is 11. The number of hydrogen-bond donors (Lipinski definition) is 2. The molecule has 2 aliphatic heterocycles. The van der Waals surface area contributed by atoms with Crippen molar-refractivity contribution in [2.75, 3.05) is 45.1 Å². The van der Waals surface area contributed by atoms with Crippen LogP contribution in [0, 0.1) is 13.8 Å². The molecule has 0 unspecified atom stereocenters. The van der Waals surface area contributed by atoms with E-state index in [-0.39, 0.29) is 34.3 Å². The molecule has 89 heavy (non-hydrogen) atoms. The first-order valence-electron chi connectivity index (χ1n) is 28.6. The maximum atomic E-state index is 12.5. The molecular weight excluding hydrogens is 1150 g/mol. The van der Waals surface area contributed by atoms with Crippen molar-refractivity contribution in [2.24, 2.45) is 42.3 Å². The molecule has 0 saturated heterocycles. The number of aromatic nitrogens is 12. The van der Waals surface area contributed by atoms with E-state index >= 15 is 0 Å². The Morgan fingerprint density at radius 3 is 1.30 bits per heavy atom. The number of hydrogen-bond acceptors (Lipinski definition) is 13. The number of halogens is 1. The fraction of sp³-hybridized carbons (Fsp3) is 0.292. The highest BCUT2D eigenvalue weighted by Gasteiger charge is 2.35. The summed E-state index contributed by atoms with van der Waals surface area (Å²) in [4.78, 5) is 104. The number of aromatic amines is 2. The molecule has 2 N–H and O–H groups in total. The number of methoxy groups -OCH3 is 1. The van der Waals surface area contributed by atoms with Crippen LogP contribution in [0.15, 0.2) is 141 Å². The lowest BCUT2D eigenvalue weighted by molar-refractivity contribution is 0.0808. The number of carbonyl (C=O) groups is 2. The largest absolute Gasteiger partial charge is 0.497 e. The molecule has 0 bridgehead atoms. The third-order valence-corrected chi connectivity index (χ3v) is 16.6. The SMILES string of the molecule is C=C1N(C)C(=O)c2c(nc(Cc3ccc(C)c(C)c3)n2C)N1C.C=C1N(C)C(=O)c2c(nc(Cc3ccccc3)n2C)N1C.COc1ccc(CCc2nc3c([nH]2)c(=O)n(C)c(=O)n3C)cc1.Cn1c(=O)c2[nH]c(CCc3ccc(Cl)cc3)nc2n(C)c1=O. The molecule has 24 heteroatoms. The molecule has 6 aromatic heterocycles. The Morgan fingerprint density at radius 2 is 0.876 bits per heavy atom. The minimum Gasteiger partial charge on any atom is -0.497 e. The summed E-state index contributed by atoms with van der Waals surface area (Å²) in [6, 6.07) is 32.0. The average Bonchev–Trinajstić information content (AvgIpc) is 1.91. The van der Waals surface area contributed by atoms with Gasteiger partial charge in [-0.1, -0.05) is 97.6 Å². The van der Waals surface area contributed by atoms with Crippen LogP contribution < -0.4 is 37.0 Å². The van der Waals surface area contributed by atoms with Crippen molar-refractivity contribution in [1.29, 1.82) is 0 Å².